The molecular formula is C14H15N3O. The normalized spacial score (nSPS) is 10.3. The monoisotopic (exact) mass is 241 g/mol. The zero-order valence-corrected chi connectivity index (χ0v) is 10.5. The first-order chi connectivity index (χ1) is 8.69. The second-order valence-electron chi connectivity index (χ2n) is 4.31. The molecule has 2 rings (SSSR count). The molecule has 2 aromatic rings. The minimum atomic E-state index is 0.348. The van der Waals surface area contributed by atoms with Gasteiger partial charge in [0, 0.05) is 12.2 Å². The largest absolute Gasteiger partial charge is 0.487 e. The summed E-state index contributed by atoms with van der Waals surface area (Å²) in [6.07, 6.45) is 1.94. The molecule has 0 N–H and O–H groups in total. The molecule has 1 aromatic carbocycles. The first-order valence-corrected chi connectivity index (χ1v) is 5.86. The maximum Gasteiger partial charge on any atom is 0.132 e. The lowest BCUT2D eigenvalue weighted by molar-refractivity contribution is 0.298. The lowest BCUT2D eigenvalue weighted by Crippen LogP contribution is -2.03. The SMILES string of the molecule is CC(C)n1ccc(COc2cccc(C#N)c2)n1. The van der Waals surface area contributed by atoms with Crippen molar-refractivity contribution in [3.8, 4) is 11.8 Å². The van der Waals surface area contributed by atoms with Crippen molar-refractivity contribution < 1.29 is 4.74 Å². The fourth-order valence-electron chi connectivity index (χ4n) is 1.55. The highest BCUT2D eigenvalue weighted by atomic mass is 16.5. The number of hydrogen-bond acceptors (Lipinski definition) is 3. The van der Waals surface area contributed by atoms with Gasteiger partial charge in [-0.25, -0.2) is 0 Å². The first kappa shape index (κ1) is 12.2. The molecule has 0 aliphatic carbocycles. The molecule has 0 bridgehead atoms. The van der Waals surface area contributed by atoms with Crippen LogP contribution in [0.1, 0.15) is 31.1 Å². The maximum atomic E-state index is 8.79. The van der Waals surface area contributed by atoms with E-state index in [2.05, 4.69) is 25.0 Å². The van der Waals surface area contributed by atoms with Crippen LogP contribution in [0.25, 0.3) is 0 Å². The van der Waals surface area contributed by atoms with Gasteiger partial charge in [-0.2, -0.15) is 10.4 Å². The van der Waals surface area contributed by atoms with E-state index >= 15 is 0 Å². The zero-order chi connectivity index (χ0) is 13.0. The van der Waals surface area contributed by atoms with Gasteiger partial charge in [0.25, 0.3) is 0 Å². The van der Waals surface area contributed by atoms with Crippen LogP contribution in [0.2, 0.25) is 0 Å². The Balaban J connectivity index is 2.00. The van der Waals surface area contributed by atoms with Crippen LogP contribution in [0.15, 0.2) is 36.5 Å². The van der Waals surface area contributed by atoms with Gasteiger partial charge in [-0.3, -0.25) is 4.68 Å². The van der Waals surface area contributed by atoms with Gasteiger partial charge in [-0.05, 0) is 38.1 Å². The Morgan fingerprint density at radius 2 is 2.22 bits per heavy atom. The summed E-state index contributed by atoms with van der Waals surface area (Å²) in [5.41, 5.74) is 1.48. The third-order valence-electron chi connectivity index (χ3n) is 2.54. The van der Waals surface area contributed by atoms with Crippen LogP contribution >= 0.6 is 0 Å². The topological polar surface area (TPSA) is 50.8 Å². The molecule has 0 radical (unpaired) electrons. The highest BCUT2D eigenvalue weighted by molar-refractivity contribution is 5.36. The van der Waals surface area contributed by atoms with Crippen molar-refractivity contribution >= 4 is 0 Å². The Bertz CT molecular complexity index is 566. The molecule has 0 atom stereocenters. The standard InChI is InChI=1S/C14H15N3O/c1-11(2)17-7-6-13(16-17)10-18-14-5-3-4-12(8-14)9-15/h3-8,11H,10H2,1-2H3. The van der Waals surface area contributed by atoms with Crippen LogP contribution in [0.5, 0.6) is 5.75 Å². The van der Waals surface area contributed by atoms with E-state index in [0.717, 1.165) is 5.69 Å². The van der Waals surface area contributed by atoms with Gasteiger partial charge < -0.3 is 4.74 Å². The summed E-state index contributed by atoms with van der Waals surface area (Å²) in [6.45, 7) is 4.57. The van der Waals surface area contributed by atoms with E-state index < -0.39 is 0 Å². The lowest BCUT2D eigenvalue weighted by atomic mass is 10.2. The van der Waals surface area contributed by atoms with Gasteiger partial charge in [-0.1, -0.05) is 6.07 Å². The number of ether oxygens (including phenoxy) is 1. The second kappa shape index (κ2) is 5.37. The smallest absolute Gasteiger partial charge is 0.132 e. The molecule has 0 saturated carbocycles. The minimum Gasteiger partial charge on any atom is -0.487 e. The Morgan fingerprint density at radius 3 is 2.89 bits per heavy atom. The molecule has 0 aliphatic rings. The average Bonchev–Trinajstić information content (AvgIpc) is 2.85. The van der Waals surface area contributed by atoms with E-state index in [0.29, 0.717) is 24.0 Å². The molecule has 0 unspecified atom stereocenters. The number of rotatable bonds is 4. The van der Waals surface area contributed by atoms with Gasteiger partial charge in [0.2, 0.25) is 0 Å². The van der Waals surface area contributed by atoms with Gasteiger partial charge in [-0.15, -0.1) is 0 Å². The van der Waals surface area contributed by atoms with E-state index in [-0.39, 0.29) is 0 Å². The van der Waals surface area contributed by atoms with Gasteiger partial charge in [0.15, 0.2) is 0 Å². The van der Waals surface area contributed by atoms with E-state index in [1.165, 1.54) is 0 Å². The van der Waals surface area contributed by atoms with Crippen molar-refractivity contribution in [1.29, 1.82) is 5.26 Å². The molecule has 0 amide bonds. The summed E-state index contributed by atoms with van der Waals surface area (Å²) >= 11 is 0. The van der Waals surface area contributed by atoms with Crippen LogP contribution in [0.3, 0.4) is 0 Å². The van der Waals surface area contributed by atoms with Gasteiger partial charge >= 0.3 is 0 Å². The van der Waals surface area contributed by atoms with Crippen molar-refractivity contribution in [2.45, 2.75) is 26.5 Å². The number of aromatic nitrogens is 2. The molecule has 1 heterocycles. The second-order valence-corrected chi connectivity index (χ2v) is 4.31. The van der Waals surface area contributed by atoms with E-state index in [1.54, 1.807) is 18.2 Å². The Kier molecular flexibility index (Phi) is 3.63. The minimum absolute atomic E-state index is 0.348. The van der Waals surface area contributed by atoms with Crippen molar-refractivity contribution in [2.75, 3.05) is 0 Å². The third kappa shape index (κ3) is 2.89. The van der Waals surface area contributed by atoms with Crippen LogP contribution < -0.4 is 4.74 Å². The summed E-state index contributed by atoms with van der Waals surface area (Å²) in [6, 6.07) is 11.5. The Labute approximate surface area is 106 Å². The number of hydrogen-bond donors (Lipinski definition) is 0. The highest BCUT2D eigenvalue weighted by Crippen LogP contribution is 2.14. The number of nitriles is 1. The number of nitrogens with zero attached hydrogens (tertiary/aromatic N) is 3. The zero-order valence-electron chi connectivity index (χ0n) is 10.5. The van der Waals surface area contributed by atoms with Crippen LogP contribution in [-0.2, 0) is 6.61 Å². The molecule has 92 valence electrons. The van der Waals surface area contributed by atoms with Crippen molar-refractivity contribution in [2.24, 2.45) is 0 Å². The summed E-state index contributed by atoms with van der Waals surface area (Å²) in [7, 11) is 0. The lowest BCUT2D eigenvalue weighted by Gasteiger charge is -2.05. The molecule has 1 aromatic heterocycles. The van der Waals surface area contributed by atoms with Crippen molar-refractivity contribution in [3.05, 3.63) is 47.8 Å². The summed E-state index contributed by atoms with van der Waals surface area (Å²) in [5.74, 6) is 0.688. The molecule has 0 saturated heterocycles. The van der Waals surface area contributed by atoms with Crippen LogP contribution in [0.4, 0.5) is 0 Å². The highest BCUT2D eigenvalue weighted by Gasteiger charge is 2.03. The predicted octanol–water partition coefficient (Wildman–Crippen LogP) is 2.91. The predicted molar refractivity (Wildman–Crippen MR) is 68.1 cm³/mol. The van der Waals surface area contributed by atoms with E-state index in [4.69, 9.17) is 10.00 Å². The van der Waals surface area contributed by atoms with Crippen LogP contribution in [-0.4, -0.2) is 9.78 Å². The molecule has 4 heteroatoms. The maximum absolute atomic E-state index is 8.79. The third-order valence-corrected chi connectivity index (χ3v) is 2.54. The molecule has 0 spiro atoms. The Morgan fingerprint density at radius 1 is 1.39 bits per heavy atom. The van der Waals surface area contributed by atoms with Crippen molar-refractivity contribution in [3.63, 3.8) is 0 Å². The molecule has 18 heavy (non-hydrogen) atoms. The van der Waals surface area contributed by atoms with Crippen LogP contribution in [0, 0.1) is 11.3 Å². The van der Waals surface area contributed by atoms with Crippen molar-refractivity contribution in [1.82, 2.24) is 9.78 Å². The fourth-order valence-corrected chi connectivity index (χ4v) is 1.55. The average molecular weight is 241 g/mol. The summed E-state index contributed by atoms with van der Waals surface area (Å²) < 4.78 is 7.49. The summed E-state index contributed by atoms with van der Waals surface area (Å²) in [5, 5.41) is 13.2. The van der Waals surface area contributed by atoms with Gasteiger partial charge in [0.05, 0.1) is 17.3 Å². The molecule has 0 fully saturated rings. The fraction of sp³-hybridized carbons (Fsp3) is 0.286. The first-order valence-electron chi connectivity index (χ1n) is 5.86. The van der Waals surface area contributed by atoms with E-state index in [9.17, 15) is 0 Å². The van der Waals surface area contributed by atoms with E-state index in [1.807, 2.05) is 23.0 Å². The van der Waals surface area contributed by atoms with Gasteiger partial charge in [0.1, 0.15) is 12.4 Å². The molecule has 4 nitrogen and oxygen atoms in total. The Hall–Kier alpha value is -2.28. The quantitative estimate of drug-likeness (QED) is 0.827. The summed E-state index contributed by atoms with van der Waals surface area (Å²) in [4.78, 5) is 0. The molecule has 0 aliphatic heterocycles. The molecular weight excluding hydrogens is 226 g/mol. The number of benzene rings is 1.